The average molecular weight is 406 g/mol. The number of nitrogens with one attached hydrogen (secondary N) is 1. The molecule has 0 amide bonds. The fraction of sp³-hybridized carbons (Fsp3) is 0.261. The molecule has 0 aliphatic carbocycles. The molecule has 0 fully saturated rings. The summed E-state index contributed by atoms with van der Waals surface area (Å²) in [4.78, 5) is 22.8. The Morgan fingerprint density at radius 1 is 1.30 bits per heavy atom. The summed E-state index contributed by atoms with van der Waals surface area (Å²) in [5, 5.41) is 14.9. The predicted octanol–water partition coefficient (Wildman–Crippen LogP) is 4.72. The van der Waals surface area contributed by atoms with Gasteiger partial charge in [0.05, 0.1) is 10.3 Å². The van der Waals surface area contributed by atoms with Crippen molar-refractivity contribution in [3.63, 3.8) is 0 Å². The zero-order chi connectivity index (χ0) is 21.7. The molecule has 2 aromatic rings. The van der Waals surface area contributed by atoms with Crippen LogP contribution in [-0.4, -0.2) is 16.6 Å². The Balaban J connectivity index is 1.77. The number of rotatable bonds is 4. The minimum atomic E-state index is -0.882. The van der Waals surface area contributed by atoms with Crippen molar-refractivity contribution in [1.82, 2.24) is 0 Å². The van der Waals surface area contributed by atoms with Gasteiger partial charge < -0.3 is 14.8 Å². The van der Waals surface area contributed by atoms with Crippen LogP contribution in [0.4, 0.5) is 11.4 Å². The Morgan fingerprint density at radius 2 is 2.03 bits per heavy atom. The molecule has 0 radical (unpaired) electrons. The van der Waals surface area contributed by atoms with Gasteiger partial charge in [0.1, 0.15) is 12.4 Å². The Morgan fingerprint density at radius 3 is 2.70 bits per heavy atom. The lowest BCUT2D eigenvalue weighted by molar-refractivity contribution is -0.385. The number of nitro benzene ring substituents is 1. The normalized spacial score (nSPS) is 20.0. The van der Waals surface area contributed by atoms with Gasteiger partial charge in [0.15, 0.2) is 0 Å². The maximum absolute atomic E-state index is 11.9. The lowest BCUT2D eigenvalue weighted by Crippen LogP contribution is -2.53. The summed E-state index contributed by atoms with van der Waals surface area (Å²) < 4.78 is 11.8. The first-order valence-electron chi connectivity index (χ1n) is 9.54. The summed E-state index contributed by atoms with van der Waals surface area (Å²) in [5.41, 5.74) is 1.90. The van der Waals surface area contributed by atoms with Gasteiger partial charge in [0.25, 0.3) is 5.69 Å². The molecule has 0 bridgehead atoms. The van der Waals surface area contributed by atoms with Gasteiger partial charge in [-0.05, 0) is 44.6 Å². The van der Waals surface area contributed by atoms with Crippen molar-refractivity contribution >= 4 is 23.4 Å². The first-order chi connectivity index (χ1) is 14.1. The third-order valence-corrected chi connectivity index (χ3v) is 5.71. The van der Waals surface area contributed by atoms with E-state index in [1.807, 2.05) is 30.4 Å². The van der Waals surface area contributed by atoms with E-state index < -0.39 is 22.0 Å². The summed E-state index contributed by atoms with van der Waals surface area (Å²) in [6, 6.07) is 10.8. The Labute approximate surface area is 174 Å². The molecule has 0 aromatic heterocycles. The van der Waals surface area contributed by atoms with Gasteiger partial charge in [0.2, 0.25) is 5.72 Å². The van der Waals surface area contributed by atoms with E-state index in [0.717, 1.165) is 11.3 Å². The van der Waals surface area contributed by atoms with Crippen LogP contribution >= 0.6 is 0 Å². The number of hydrogen-bond donors (Lipinski definition) is 1. The topological polar surface area (TPSA) is 90.7 Å². The maximum atomic E-state index is 11.9. The van der Waals surface area contributed by atoms with E-state index in [9.17, 15) is 14.9 Å². The molecule has 1 unspecified atom stereocenters. The molecule has 2 heterocycles. The first-order valence-corrected chi connectivity index (χ1v) is 9.54. The largest absolute Gasteiger partial charge is 0.463 e. The summed E-state index contributed by atoms with van der Waals surface area (Å²) >= 11 is 0. The molecule has 2 aliphatic rings. The second kappa shape index (κ2) is 6.73. The molecule has 154 valence electrons. The van der Waals surface area contributed by atoms with Crippen molar-refractivity contribution < 1.29 is 19.2 Å². The van der Waals surface area contributed by atoms with Crippen LogP contribution in [0.3, 0.4) is 0 Å². The molecule has 4 rings (SSSR count). The highest BCUT2D eigenvalue weighted by molar-refractivity contribution is 5.87. The number of carbonyl (C=O) groups excluding carboxylic acids is 1. The van der Waals surface area contributed by atoms with Crippen LogP contribution in [0, 0.1) is 10.1 Å². The van der Waals surface area contributed by atoms with E-state index >= 15 is 0 Å². The standard InChI is InChI=1S/C23H22N2O5/c1-14(2)21(26)29-13-16-12-17(25(27)28)11-15-9-10-23(30-20(15)16)22(3,4)18-7-5-6-8-19(18)24-23/h5-12,24H,1,13H2,2-4H3. The molecule has 1 atom stereocenters. The van der Waals surface area contributed by atoms with Crippen molar-refractivity contribution in [1.29, 1.82) is 0 Å². The SMILES string of the molecule is C=C(C)C(=O)OCc1cc([N+](=O)[O-])cc2c1OC1(C=C2)Nc2ccccc2C1(C)C. The third kappa shape index (κ3) is 2.94. The lowest BCUT2D eigenvalue weighted by Gasteiger charge is -2.42. The van der Waals surface area contributed by atoms with Gasteiger partial charge in [-0.3, -0.25) is 10.1 Å². The molecule has 1 spiro atoms. The fourth-order valence-corrected chi connectivity index (χ4v) is 3.92. The van der Waals surface area contributed by atoms with Crippen molar-refractivity contribution in [3.05, 3.63) is 81.4 Å². The smallest absolute Gasteiger partial charge is 0.333 e. The molecule has 7 nitrogen and oxygen atoms in total. The highest BCUT2D eigenvalue weighted by Gasteiger charge is 2.54. The number of benzene rings is 2. The van der Waals surface area contributed by atoms with Crippen LogP contribution in [0.15, 0.2) is 54.6 Å². The maximum Gasteiger partial charge on any atom is 0.333 e. The van der Waals surface area contributed by atoms with Gasteiger partial charge in [-0.15, -0.1) is 0 Å². The van der Waals surface area contributed by atoms with Crippen molar-refractivity contribution in [2.75, 3.05) is 5.32 Å². The molecule has 0 saturated heterocycles. The van der Waals surface area contributed by atoms with E-state index in [2.05, 4.69) is 31.8 Å². The number of nitrogens with zero attached hydrogens (tertiary/aromatic N) is 1. The molecule has 0 saturated carbocycles. The van der Waals surface area contributed by atoms with E-state index in [-0.39, 0.29) is 17.9 Å². The zero-order valence-corrected chi connectivity index (χ0v) is 17.0. The highest BCUT2D eigenvalue weighted by atomic mass is 16.6. The van der Waals surface area contributed by atoms with Gasteiger partial charge in [-0.1, -0.05) is 24.8 Å². The average Bonchev–Trinajstić information content (AvgIpc) is 2.92. The number of fused-ring (bicyclic) bond motifs is 2. The monoisotopic (exact) mass is 406 g/mol. The van der Waals surface area contributed by atoms with Gasteiger partial charge >= 0.3 is 5.97 Å². The van der Waals surface area contributed by atoms with Crippen molar-refractivity contribution in [3.8, 4) is 5.75 Å². The molecule has 30 heavy (non-hydrogen) atoms. The highest BCUT2D eigenvalue weighted by Crippen LogP contribution is 2.51. The third-order valence-electron chi connectivity index (χ3n) is 5.71. The number of anilines is 1. The van der Waals surface area contributed by atoms with Crippen LogP contribution in [0.1, 0.15) is 37.5 Å². The minimum absolute atomic E-state index is 0.0961. The van der Waals surface area contributed by atoms with E-state index in [0.29, 0.717) is 16.9 Å². The minimum Gasteiger partial charge on any atom is -0.463 e. The predicted molar refractivity (Wildman–Crippen MR) is 113 cm³/mol. The number of carbonyl (C=O) groups is 1. The Bertz CT molecular complexity index is 1120. The lowest BCUT2D eigenvalue weighted by atomic mass is 9.76. The quantitative estimate of drug-likeness (QED) is 0.342. The van der Waals surface area contributed by atoms with E-state index in [4.69, 9.17) is 9.47 Å². The van der Waals surface area contributed by atoms with Crippen molar-refractivity contribution in [2.24, 2.45) is 0 Å². The van der Waals surface area contributed by atoms with Crippen LogP contribution < -0.4 is 10.1 Å². The Kier molecular flexibility index (Phi) is 4.42. The van der Waals surface area contributed by atoms with Crippen LogP contribution in [0.25, 0.3) is 6.08 Å². The number of esters is 1. The second-order valence-corrected chi connectivity index (χ2v) is 8.10. The molecule has 2 aromatic carbocycles. The number of para-hydroxylation sites is 1. The summed E-state index contributed by atoms with van der Waals surface area (Å²) in [7, 11) is 0. The number of nitro groups is 1. The molecule has 1 N–H and O–H groups in total. The Hall–Kier alpha value is -3.61. The van der Waals surface area contributed by atoms with Gasteiger partial charge in [0, 0.05) is 34.5 Å². The van der Waals surface area contributed by atoms with E-state index in [1.54, 1.807) is 6.92 Å². The van der Waals surface area contributed by atoms with Crippen LogP contribution in [0.2, 0.25) is 0 Å². The van der Waals surface area contributed by atoms with Crippen molar-refractivity contribution in [2.45, 2.75) is 38.5 Å². The first kappa shape index (κ1) is 19.7. The summed E-state index contributed by atoms with van der Waals surface area (Å²) in [6.45, 7) is 9.10. The number of ether oxygens (including phenoxy) is 2. The van der Waals surface area contributed by atoms with Crippen LogP contribution in [-0.2, 0) is 21.6 Å². The number of non-ortho nitro benzene ring substituents is 1. The molecular weight excluding hydrogens is 384 g/mol. The van der Waals surface area contributed by atoms with E-state index in [1.165, 1.54) is 12.1 Å². The molecular formula is C23H22N2O5. The fourth-order valence-electron chi connectivity index (χ4n) is 3.92. The van der Waals surface area contributed by atoms with Gasteiger partial charge in [-0.25, -0.2) is 4.79 Å². The second-order valence-electron chi connectivity index (χ2n) is 8.10. The zero-order valence-electron chi connectivity index (χ0n) is 17.0. The summed E-state index contributed by atoms with van der Waals surface area (Å²) in [5.74, 6) is -0.117. The number of hydrogen-bond acceptors (Lipinski definition) is 6. The van der Waals surface area contributed by atoms with Gasteiger partial charge in [-0.2, -0.15) is 0 Å². The molecule has 2 aliphatic heterocycles. The summed E-state index contributed by atoms with van der Waals surface area (Å²) in [6.07, 6.45) is 3.71. The molecule has 7 heteroatoms. The van der Waals surface area contributed by atoms with Crippen LogP contribution in [0.5, 0.6) is 5.75 Å².